The lowest BCUT2D eigenvalue weighted by Crippen LogP contribution is -2.40. The maximum atomic E-state index is 12.1. The zero-order valence-corrected chi connectivity index (χ0v) is 9.78. The predicted molar refractivity (Wildman–Crippen MR) is 60.4 cm³/mol. The molecule has 1 N–H and O–H groups in total. The molecule has 1 fully saturated rings. The highest BCUT2D eigenvalue weighted by Gasteiger charge is 2.27. The number of nitrogens with zero attached hydrogens (tertiary/aromatic N) is 3. The molecule has 6 heteroatoms. The SMILES string of the molecule is O=C(c1cn[nH]n1)N(CCCl)C1CCCC1. The van der Waals surface area contributed by atoms with Crippen molar-refractivity contribution >= 4 is 17.5 Å². The van der Waals surface area contributed by atoms with Gasteiger partial charge in [0.15, 0.2) is 5.69 Å². The van der Waals surface area contributed by atoms with Gasteiger partial charge in [0.25, 0.3) is 5.91 Å². The van der Waals surface area contributed by atoms with Gasteiger partial charge in [-0.2, -0.15) is 15.4 Å². The van der Waals surface area contributed by atoms with Gasteiger partial charge in [-0.1, -0.05) is 12.8 Å². The number of rotatable bonds is 4. The fourth-order valence-corrected chi connectivity index (χ4v) is 2.39. The molecule has 1 aliphatic rings. The largest absolute Gasteiger partial charge is 0.333 e. The molecule has 0 bridgehead atoms. The van der Waals surface area contributed by atoms with Crippen LogP contribution < -0.4 is 0 Å². The maximum absolute atomic E-state index is 12.1. The third-order valence-corrected chi connectivity index (χ3v) is 3.15. The smallest absolute Gasteiger partial charge is 0.276 e. The number of hydrogen-bond donors (Lipinski definition) is 1. The fourth-order valence-electron chi connectivity index (χ4n) is 2.21. The third kappa shape index (κ3) is 2.35. The predicted octanol–water partition coefficient (Wildman–Crippen LogP) is 1.43. The Hall–Kier alpha value is -1.10. The molecular weight excluding hydrogens is 228 g/mol. The van der Waals surface area contributed by atoms with Crippen molar-refractivity contribution in [2.24, 2.45) is 0 Å². The highest BCUT2D eigenvalue weighted by molar-refractivity contribution is 6.18. The van der Waals surface area contributed by atoms with Crippen LogP contribution in [0.15, 0.2) is 6.20 Å². The van der Waals surface area contributed by atoms with Crippen LogP contribution in [-0.2, 0) is 0 Å². The summed E-state index contributed by atoms with van der Waals surface area (Å²) in [6.45, 7) is 0.581. The van der Waals surface area contributed by atoms with Gasteiger partial charge < -0.3 is 4.90 Å². The zero-order valence-electron chi connectivity index (χ0n) is 9.03. The monoisotopic (exact) mass is 242 g/mol. The van der Waals surface area contributed by atoms with E-state index in [0.29, 0.717) is 24.2 Å². The number of alkyl halides is 1. The number of carbonyl (C=O) groups is 1. The number of nitrogens with one attached hydrogen (secondary N) is 1. The number of H-pyrrole nitrogens is 1. The van der Waals surface area contributed by atoms with Crippen molar-refractivity contribution in [3.05, 3.63) is 11.9 Å². The highest BCUT2D eigenvalue weighted by atomic mass is 35.5. The number of aromatic nitrogens is 3. The number of amides is 1. The van der Waals surface area contributed by atoms with Crippen LogP contribution in [0.25, 0.3) is 0 Å². The zero-order chi connectivity index (χ0) is 11.4. The lowest BCUT2D eigenvalue weighted by molar-refractivity contribution is 0.0689. The Morgan fingerprint density at radius 3 is 2.88 bits per heavy atom. The van der Waals surface area contributed by atoms with Gasteiger partial charge in [-0.3, -0.25) is 4.79 Å². The normalized spacial score (nSPS) is 16.6. The molecule has 2 rings (SSSR count). The molecule has 1 saturated carbocycles. The van der Waals surface area contributed by atoms with Crippen LogP contribution in [0.5, 0.6) is 0 Å². The molecule has 1 aromatic rings. The van der Waals surface area contributed by atoms with Crippen molar-refractivity contribution < 1.29 is 4.79 Å². The molecule has 0 atom stereocenters. The van der Waals surface area contributed by atoms with Gasteiger partial charge in [0.1, 0.15) is 0 Å². The van der Waals surface area contributed by atoms with Crippen molar-refractivity contribution in [1.82, 2.24) is 20.3 Å². The van der Waals surface area contributed by atoms with Gasteiger partial charge in [0, 0.05) is 18.5 Å². The molecule has 0 aliphatic heterocycles. The second kappa shape index (κ2) is 5.30. The summed E-state index contributed by atoms with van der Waals surface area (Å²) in [6, 6.07) is 0.322. The highest BCUT2D eigenvalue weighted by Crippen LogP contribution is 2.24. The van der Waals surface area contributed by atoms with E-state index in [-0.39, 0.29) is 5.91 Å². The molecular formula is C10H15ClN4O. The van der Waals surface area contributed by atoms with Gasteiger partial charge in [-0.05, 0) is 12.8 Å². The number of carbonyl (C=O) groups excluding carboxylic acids is 1. The van der Waals surface area contributed by atoms with Crippen LogP contribution in [0.2, 0.25) is 0 Å². The van der Waals surface area contributed by atoms with Crippen molar-refractivity contribution in [2.75, 3.05) is 12.4 Å². The first kappa shape index (κ1) is 11.4. The van der Waals surface area contributed by atoms with E-state index < -0.39 is 0 Å². The Balaban J connectivity index is 2.09. The molecule has 5 nitrogen and oxygen atoms in total. The van der Waals surface area contributed by atoms with E-state index in [1.165, 1.54) is 19.0 Å². The first-order chi connectivity index (χ1) is 7.83. The second-order valence-electron chi connectivity index (χ2n) is 3.98. The molecule has 0 saturated heterocycles. The van der Waals surface area contributed by atoms with Crippen LogP contribution in [0, 0.1) is 0 Å². The van der Waals surface area contributed by atoms with E-state index in [9.17, 15) is 4.79 Å². The topological polar surface area (TPSA) is 61.9 Å². The Labute approximate surface area is 99.2 Å². The summed E-state index contributed by atoms with van der Waals surface area (Å²) >= 11 is 5.74. The lowest BCUT2D eigenvalue weighted by atomic mass is 10.2. The first-order valence-electron chi connectivity index (χ1n) is 5.55. The summed E-state index contributed by atoms with van der Waals surface area (Å²) in [5.74, 6) is 0.390. The minimum atomic E-state index is -0.0682. The van der Waals surface area contributed by atoms with Crippen molar-refractivity contribution in [1.29, 1.82) is 0 Å². The average molecular weight is 243 g/mol. The Morgan fingerprint density at radius 1 is 1.56 bits per heavy atom. The Morgan fingerprint density at radius 2 is 2.31 bits per heavy atom. The molecule has 16 heavy (non-hydrogen) atoms. The minimum absolute atomic E-state index is 0.0682. The summed E-state index contributed by atoms with van der Waals surface area (Å²) in [6.07, 6.45) is 5.98. The van der Waals surface area contributed by atoms with E-state index in [2.05, 4.69) is 15.4 Å². The van der Waals surface area contributed by atoms with E-state index in [1.54, 1.807) is 0 Å². The second-order valence-corrected chi connectivity index (χ2v) is 4.36. The maximum Gasteiger partial charge on any atom is 0.276 e. The molecule has 0 radical (unpaired) electrons. The van der Waals surface area contributed by atoms with Crippen molar-refractivity contribution in [2.45, 2.75) is 31.7 Å². The number of aromatic amines is 1. The van der Waals surface area contributed by atoms with Gasteiger partial charge in [0.05, 0.1) is 6.20 Å². The summed E-state index contributed by atoms with van der Waals surface area (Å²) < 4.78 is 0. The Bertz CT molecular complexity index is 335. The van der Waals surface area contributed by atoms with E-state index in [0.717, 1.165) is 12.8 Å². The van der Waals surface area contributed by atoms with Crippen LogP contribution in [0.1, 0.15) is 36.2 Å². The fraction of sp³-hybridized carbons (Fsp3) is 0.700. The molecule has 0 spiro atoms. The Kier molecular flexibility index (Phi) is 3.77. The van der Waals surface area contributed by atoms with E-state index >= 15 is 0 Å². The summed E-state index contributed by atoms with van der Waals surface area (Å²) in [5, 5.41) is 9.93. The van der Waals surface area contributed by atoms with Crippen molar-refractivity contribution in [3.63, 3.8) is 0 Å². The van der Waals surface area contributed by atoms with Crippen LogP contribution in [0.3, 0.4) is 0 Å². The first-order valence-corrected chi connectivity index (χ1v) is 6.09. The van der Waals surface area contributed by atoms with E-state index in [4.69, 9.17) is 11.6 Å². The number of hydrogen-bond acceptors (Lipinski definition) is 3. The standard InChI is InChI=1S/C10H15ClN4O/c11-5-6-15(8-3-1-2-4-8)10(16)9-7-12-14-13-9/h7-8H,1-6H2,(H,12,13,14). The van der Waals surface area contributed by atoms with Gasteiger partial charge in [-0.15, -0.1) is 11.6 Å². The van der Waals surface area contributed by atoms with Crippen molar-refractivity contribution in [3.8, 4) is 0 Å². The molecule has 1 amide bonds. The molecule has 0 unspecified atom stereocenters. The summed E-state index contributed by atoms with van der Waals surface area (Å²) in [5.41, 5.74) is 0.372. The van der Waals surface area contributed by atoms with Gasteiger partial charge in [0.2, 0.25) is 0 Å². The van der Waals surface area contributed by atoms with Crippen LogP contribution in [-0.4, -0.2) is 44.7 Å². The van der Waals surface area contributed by atoms with Crippen LogP contribution in [0.4, 0.5) is 0 Å². The van der Waals surface area contributed by atoms with E-state index in [1.807, 2.05) is 4.90 Å². The van der Waals surface area contributed by atoms with Gasteiger partial charge >= 0.3 is 0 Å². The summed E-state index contributed by atoms with van der Waals surface area (Å²) in [7, 11) is 0. The van der Waals surface area contributed by atoms with Gasteiger partial charge in [-0.25, -0.2) is 0 Å². The third-order valence-electron chi connectivity index (χ3n) is 2.99. The molecule has 1 aliphatic carbocycles. The van der Waals surface area contributed by atoms with Crippen LogP contribution >= 0.6 is 11.6 Å². The summed E-state index contributed by atoms with van der Waals surface area (Å²) in [4.78, 5) is 14.0. The molecule has 1 aromatic heterocycles. The molecule has 0 aromatic carbocycles. The average Bonchev–Trinajstić information content (AvgIpc) is 2.96. The molecule has 88 valence electrons. The molecule has 1 heterocycles. The minimum Gasteiger partial charge on any atom is -0.333 e. The quantitative estimate of drug-likeness (QED) is 0.813. The number of halogens is 1. The lowest BCUT2D eigenvalue weighted by Gasteiger charge is -2.27.